The summed E-state index contributed by atoms with van der Waals surface area (Å²) < 4.78 is 16.5. The Morgan fingerprint density at radius 3 is 2.47 bits per heavy atom. The standard InChI is InChI=1S/C23H28N2O5/c1-28-19-10-9-17(13-20(19)29-2)22(27)25-12-6-11-23(15-25,14-21(24)26)16-30-18-7-4-3-5-8-18/h3-5,7-10,13H,6,11-12,14-16H2,1-2H3,(H2,24,26)/t23-/m1/s1. The summed E-state index contributed by atoms with van der Waals surface area (Å²) in [5.41, 5.74) is 5.54. The summed E-state index contributed by atoms with van der Waals surface area (Å²) in [6.45, 7) is 1.32. The summed E-state index contributed by atoms with van der Waals surface area (Å²) in [6.07, 6.45) is 1.69. The van der Waals surface area contributed by atoms with Crippen LogP contribution >= 0.6 is 0 Å². The zero-order valence-electron chi connectivity index (χ0n) is 17.4. The van der Waals surface area contributed by atoms with Gasteiger partial charge in [-0.25, -0.2) is 0 Å². The van der Waals surface area contributed by atoms with Gasteiger partial charge in [-0.2, -0.15) is 0 Å². The van der Waals surface area contributed by atoms with Crippen LogP contribution in [0.1, 0.15) is 29.6 Å². The number of carbonyl (C=O) groups excluding carboxylic acids is 2. The van der Waals surface area contributed by atoms with Gasteiger partial charge in [0.05, 0.1) is 20.8 Å². The Kier molecular flexibility index (Phi) is 6.82. The Morgan fingerprint density at radius 2 is 1.80 bits per heavy atom. The van der Waals surface area contributed by atoms with E-state index in [1.54, 1.807) is 30.2 Å². The van der Waals surface area contributed by atoms with Gasteiger partial charge in [0, 0.05) is 30.5 Å². The zero-order valence-corrected chi connectivity index (χ0v) is 17.4. The van der Waals surface area contributed by atoms with Crippen molar-refractivity contribution in [3.8, 4) is 17.2 Å². The summed E-state index contributed by atoms with van der Waals surface area (Å²) in [5, 5.41) is 0. The van der Waals surface area contributed by atoms with Gasteiger partial charge in [0.1, 0.15) is 5.75 Å². The van der Waals surface area contributed by atoms with E-state index in [2.05, 4.69) is 0 Å². The predicted octanol–water partition coefficient (Wildman–Crippen LogP) is 2.88. The molecule has 0 radical (unpaired) electrons. The van der Waals surface area contributed by atoms with Crippen LogP contribution in [0.15, 0.2) is 48.5 Å². The Bertz CT molecular complexity index is 886. The molecule has 1 aliphatic rings. The molecule has 0 saturated carbocycles. The molecule has 0 aliphatic carbocycles. The van der Waals surface area contributed by atoms with Gasteiger partial charge in [-0.3, -0.25) is 9.59 Å². The highest BCUT2D eigenvalue weighted by molar-refractivity contribution is 5.95. The molecule has 30 heavy (non-hydrogen) atoms. The molecule has 2 amide bonds. The van der Waals surface area contributed by atoms with E-state index in [1.807, 2.05) is 30.3 Å². The number of likely N-dealkylation sites (tertiary alicyclic amines) is 1. The average Bonchev–Trinajstić information content (AvgIpc) is 2.77. The maximum absolute atomic E-state index is 13.2. The highest BCUT2D eigenvalue weighted by Crippen LogP contribution is 2.36. The van der Waals surface area contributed by atoms with E-state index in [0.717, 1.165) is 18.6 Å². The number of carbonyl (C=O) groups is 2. The number of primary amides is 1. The number of nitrogens with two attached hydrogens (primary N) is 1. The van der Waals surface area contributed by atoms with Crippen molar-refractivity contribution in [3.63, 3.8) is 0 Å². The molecule has 2 N–H and O–H groups in total. The molecule has 7 nitrogen and oxygen atoms in total. The molecule has 3 rings (SSSR count). The van der Waals surface area contributed by atoms with Gasteiger partial charge in [0.2, 0.25) is 5.91 Å². The van der Waals surface area contributed by atoms with Crippen molar-refractivity contribution in [2.24, 2.45) is 11.1 Å². The Hall–Kier alpha value is -3.22. The minimum absolute atomic E-state index is 0.121. The Balaban J connectivity index is 1.79. The van der Waals surface area contributed by atoms with Crippen LogP contribution in [0.25, 0.3) is 0 Å². The number of amides is 2. The summed E-state index contributed by atoms with van der Waals surface area (Å²) in [5.74, 6) is 1.27. The minimum Gasteiger partial charge on any atom is -0.493 e. The lowest BCUT2D eigenvalue weighted by atomic mass is 9.77. The molecule has 160 valence electrons. The number of rotatable bonds is 8. The van der Waals surface area contributed by atoms with Crippen LogP contribution in [0, 0.1) is 5.41 Å². The van der Waals surface area contributed by atoms with Crippen LogP contribution < -0.4 is 19.9 Å². The number of hydrogen-bond donors (Lipinski definition) is 1. The Morgan fingerprint density at radius 1 is 1.07 bits per heavy atom. The number of methoxy groups -OCH3 is 2. The first-order valence-electron chi connectivity index (χ1n) is 9.94. The molecule has 2 aromatic carbocycles. The normalized spacial score (nSPS) is 18.5. The fourth-order valence-electron chi connectivity index (χ4n) is 3.97. The fraction of sp³-hybridized carbons (Fsp3) is 0.391. The lowest BCUT2D eigenvalue weighted by Gasteiger charge is -2.42. The molecule has 1 heterocycles. The number of piperidine rings is 1. The first-order chi connectivity index (χ1) is 14.5. The van der Waals surface area contributed by atoms with Gasteiger partial charge in [0.15, 0.2) is 11.5 Å². The average molecular weight is 412 g/mol. The molecule has 1 aliphatic heterocycles. The second kappa shape index (κ2) is 9.52. The third-order valence-corrected chi connectivity index (χ3v) is 5.42. The van der Waals surface area contributed by atoms with Crippen LogP contribution in [0.3, 0.4) is 0 Å². The van der Waals surface area contributed by atoms with E-state index in [1.165, 1.54) is 7.11 Å². The number of nitrogens with zero attached hydrogens (tertiary/aromatic N) is 1. The van der Waals surface area contributed by atoms with Gasteiger partial charge in [0.25, 0.3) is 5.91 Å². The van der Waals surface area contributed by atoms with Gasteiger partial charge < -0.3 is 24.8 Å². The van der Waals surface area contributed by atoms with E-state index >= 15 is 0 Å². The van der Waals surface area contributed by atoms with Crippen LogP contribution in [0.4, 0.5) is 0 Å². The predicted molar refractivity (Wildman–Crippen MR) is 113 cm³/mol. The van der Waals surface area contributed by atoms with Crippen LogP contribution in [-0.2, 0) is 4.79 Å². The maximum atomic E-state index is 13.2. The Labute approximate surface area is 176 Å². The van der Waals surface area contributed by atoms with Crippen molar-refractivity contribution in [1.82, 2.24) is 4.90 Å². The minimum atomic E-state index is -0.522. The number of benzene rings is 2. The molecular formula is C23H28N2O5. The first-order valence-corrected chi connectivity index (χ1v) is 9.94. The molecular weight excluding hydrogens is 384 g/mol. The first kappa shape index (κ1) is 21.5. The highest BCUT2D eigenvalue weighted by atomic mass is 16.5. The smallest absolute Gasteiger partial charge is 0.254 e. The summed E-state index contributed by atoms with van der Waals surface area (Å²) in [6, 6.07) is 14.5. The van der Waals surface area contributed by atoms with Crippen LogP contribution in [-0.4, -0.2) is 50.6 Å². The van der Waals surface area contributed by atoms with Crippen LogP contribution in [0.5, 0.6) is 17.2 Å². The highest BCUT2D eigenvalue weighted by Gasteiger charge is 2.39. The van der Waals surface area contributed by atoms with E-state index in [0.29, 0.717) is 36.8 Å². The van der Waals surface area contributed by atoms with E-state index in [-0.39, 0.29) is 12.3 Å². The fourth-order valence-corrected chi connectivity index (χ4v) is 3.97. The molecule has 0 unspecified atom stereocenters. The van der Waals surface area contributed by atoms with Crippen molar-refractivity contribution >= 4 is 11.8 Å². The van der Waals surface area contributed by atoms with Crippen molar-refractivity contribution < 1.29 is 23.8 Å². The molecule has 1 fully saturated rings. The zero-order chi connectivity index (χ0) is 21.6. The second-order valence-electron chi connectivity index (χ2n) is 7.64. The van der Waals surface area contributed by atoms with Crippen molar-refractivity contribution in [2.45, 2.75) is 19.3 Å². The molecule has 7 heteroatoms. The second-order valence-corrected chi connectivity index (χ2v) is 7.64. The lowest BCUT2D eigenvalue weighted by Crippen LogP contribution is -2.50. The largest absolute Gasteiger partial charge is 0.493 e. The third kappa shape index (κ3) is 5.03. The summed E-state index contributed by atoms with van der Waals surface area (Å²) in [7, 11) is 3.08. The molecule has 1 saturated heterocycles. The SMILES string of the molecule is COc1ccc(C(=O)N2CCC[C@@](COc3ccccc3)(CC(N)=O)C2)cc1OC. The van der Waals surface area contributed by atoms with Crippen molar-refractivity contribution in [1.29, 1.82) is 0 Å². The van der Waals surface area contributed by atoms with Gasteiger partial charge in [-0.1, -0.05) is 18.2 Å². The van der Waals surface area contributed by atoms with E-state index < -0.39 is 11.3 Å². The monoisotopic (exact) mass is 412 g/mol. The lowest BCUT2D eigenvalue weighted by molar-refractivity contribution is -0.122. The quantitative estimate of drug-likeness (QED) is 0.720. The summed E-state index contributed by atoms with van der Waals surface area (Å²) in [4.78, 5) is 26.8. The van der Waals surface area contributed by atoms with Gasteiger partial charge in [-0.15, -0.1) is 0 Å². The van der Waals surface area contributed by atoms with Crippen molar-refractivity contribution in [2.75, 3.05) is 33.9 Å². The molecule has 0 spiro atoms. The third-order valence-electron chi connectivity index (χ3n) is 5.42. The van der Waals surface area contributed by atoms with Gasteiger partial charge in [-0.05, 0) is 43.2 Å². The van der Waals surface area contributed by atoms with E-state index in [4.69, 9.17) is 19.9 Å². The number of ether oxygens (including phenoxy) is 3. The molecule has 0 bridgehead atoms. The maximum Gasteiger partial charge on any atom is 0.254 e. The molecule has 0 aromatic heterocycles. The molecule has 1 atom stereocenters. The number of hydrogen-bond acceptors (Lipinski definition) is 5. The molecule has 2 aromatic rings. The van der Waals surface area contributed by atoms with Crippen molar-refractivity contribution in [3.05, 3.63) is 54.1 Å². The van der Waals surface area contributed by atoms with E-state index in [9.17, 15) is 9.59 Å². The topological polar surface area (TPSA) is 91.1 Å². The summed E-state index contributed by atoms with van der Waals surface area (Å²) >= 11 is 0. The van der Waals surface area contributed by atoms with Crippen LogP contribution in [0.2, 0.25) is 0 Å². The van der Waals surface area contributed by atoms with Gasteiger partial charge >= 0.3 is 0 Å². The number of para-hydroxylation sites is 1.